The van der Waals surface area contributed by atoms with Gasteiger partial charge in [-0.3, -0.25) is 9.59 Å². The van der Waals surface area contributed by atoms with E-state index in [0.717, 1.165) is 37.8 Å². The van der Waals surface area contributed by atoms with Gasteiger partial charge in [-0.15, -0.1) is 0 Å². The van der Waals surface area contributed by atoms with Gasteiger partial charge in [-0.1, -0.05) is 24.3 Å². The van der Waals surface area contributed by atoms with Crippen LogP contribution in [0.2, 0.25) is 0 Å². The number of carbonyl (C=O) groups is 2. The SMILES string of the molecule is O=C(O)CCC/C=C\C[C@@H]1[C@H](CNCC(=O)NCc2ccc(O)cc2)[C@@H]2CC[C@H]1O2. The van der Waals surface area contributed by atoms with E-state index >= 15 is 0 Å². The number of aliphatic carboxylic acids is 1. The van der Waals surface area contributed by atoms with Crippen molar-refractivity contribution < 1.29 is 24.5 Å². The first kappa shape index (κ1) is 22.3. The Hall–Kier alpha value is -2.38. The van der Waals surface area contributed by atoms with Crippen LogP contribution >= 0.6 is 0 Å². The number of aromatic hydroxyl groups is 1. The number of rotatable bonds is 12. The van der Waals surface area contributed by atoms with Crippen LogP contribution in [0.25, 0.3) is 0 Å². The van der Waals surface area contributed by atoms with E-state index < -0.39 is 5.97 Å². The van der Waals surface area contributed by atoms with Crippen molar-refractivity contribution in [3.8, 4) is 5.75 Å². The van der Waals surface area contributed by atoms with Gasteiger partial charge < -0.3 is 25.6 Å². The number of phenolic OH excluding ortho intramolecular Hbond substituents is 1. The number of benzene rings is 1. The lowest BCUT2D eigenvalue weighted by Crippen LogP contribution is -2.40. The van der Waals surface area contributed by atoms with Gasteiger partial charge in [0.1, 0.15) is 5.75 Å². The summed E-state index contributed by atoms with van der Waals surface area (Å²) in [5.41, 5.74) is 0.942. The molecule has 2 aliphatic rings. The molecule has 2 saturated heterocycles. The second-order valence-electron chi connectivity index (χ2n) is 8.19. The summed E-state index contributed by atoms with van der Waals surface area (Å²) in [7, 11) is 0. The number of hydrogen-bond acceptors (Lipinski definition) is 5. The molecule has 164 valence electrons. The van der Waals surface area contributed by atoms with Crippen LogP contribution in [0.15, 0.2) is 36.4 Å². The maximum Gasteiger partial charge on any atom is 0.303 e. The molecule has 0 unspecified atom stereocenters. The number of amides is 1. The molecule has 4 N–H and O–H groups in total. The summed E-state index contributed by atoms with van der Waals surface area (Å²) in [5, 5.41) is 24.2. The highest BCUT2D eigenvalue weighted by atomic mass is 16.5. The maximum atomic E-state index is 12.1. The van der Waals surface area contributed by atoms with Gasteiger partial charge in [-0.2, -0.15) is 0 Å². The summed E-state index contributed by atoms with van der Waals surface area (Å²) in [6, 6.07) is 6.79. The molecule has 30 heavy (non-hydrogen) atoms. The number of hydrogen-bond donors (Lipinski definition) is 4. The Balaban J connectivity index is 1.36. The number of unbranched alkanes of at least 4 members (excludes halogenated alkanes) is 1. The molecule has 2 bridgehead atoms. The quantitative estimate of drug-likeness (QED) is 0.308. The lowest BCUT2D eigenvalue weighted by Gasteiger charge is -2.27. The third-order valence-electron chi connectivity index (χ3n) is 6.02. The van der Waals surface area contributed by atoms with Crippen LogP contribution in [0.4, 0.5) is 0 Å². The summed E-state index contributed by atoms with van der Waals surface area (Å²) >= 11 is 0. The molecule has 0 spiro atoms. The fourth-order valence-electron chi connectivity index (χ4n) is 4.45. The Kier molecular flexibility index (Phi) is 8.28. The summed E-state index contributed by atoms with van der Waals surface area (Å²) < 4.78 is 6.11. The van der Waals surface area contributed by atoms with Gasteiger partial charge in [-0.05, 0) is 55.7 Å². The molecule has 2 fully saturated rings. The summed E-state index contributed by atoms with van der Waals surface area (Å²) in [6.45, 7) is 1.46. The van der Waals surface area contributed by atoms with E-state index in [1.54, 1.807) is 24.3 Å². The largest absolute Gasteiger partial charge is 0.508 e. The Labute approximate surface area is 177 Å². The average molecular weight is 417 g/mol. The van der Waals surface area contributed by atoms with Crippen molar-refractivity contribution in [3.05, 3.63) is 42.0 Å². The van der Waals surface area contributed by atoms with Gasteiger partial charge in [0.05, 0.1) is 18.8 Å². The number of phenols is 1. The molecular formula is C23H32N2O5. The zero-order valence-electron chi connectivity index (χ0n) is 17.3. The summed E-state index contributed by atoms with van der Waals surface area (Å²) in [4.78, 5) is 22.7. The van der Waals surface area contributed by atoms with Crippen molar-refractivity contribution in [3.63, 3.8) is 0 Å². The second-order valence-corrected chi connectivity index (χ2v) is 8.19. The highest BCUT2D eigenvalue weighted by Crippen LogP contribution is 2.44. The lowest BCUT2D eigenvalue weighted by atomic mass is 9.77. The number of carbonyl (C=O) groups excluding carboxylic acids is 1. The smallest absolute Gasteiger partial charge is 0.303 e. The fraction of sp³-hybridized carbons (Fsp3) is 0.565. The van der Waals surface area contributed by atoms with Crippen molar-refractivity contribution in [1.29, 1.82) is 0 Å². The standard InChI is InChI=1S/C23H32N2O5/c26-17-9-7-16(8-10-17)13-25-22(27)15-24-14-19-18(20-11-12-21(19)30-20)5-3-1-2-4-6-23(28)29/h1,3,7-10,18-21,24,26H,2,4-6,11-15H2,(H,25,27)(H,28,29)/b3-1-/t18-,19+,20-,21+/m1/s1. The van der Waals surface area contributed by atoms with Gasteiger partial charge in [0.15, 0.2) is 0 Å². The molecule has 2 heterocycles. The third-order valence-corrected chi connectivity index (χ3v) is 6.02. The predicted molar refractivity (Wildman–Crippen MR) is 113 cm³/mol. The molecular weight excluding hydrogens is 384 g/mol. The van der Waals surface area contributed by atoms with Crippen LogP contribution in [0.5, 0.6) is 5.75 Å². The third kappa shape index (κ3) is 6.57. The minimum Gasteiger partial charge on any atom is -0.508 e. The molecule has 1 aromatic rings. The van der Waals surface area contributed by atoms with Gasteiger partial charge in [0, 0.05) is 25.4 Å². The number of allylic oxidation sites excluding steroid dienone is 2. The first-order valence-corrected chi connectivity index (χ1v) is 10.8. The van der Waals surface area contributed by atoms with E-state index in [1.165, 1.54) is 0 Å². The normalized spacial score (nSPS) is 25.1. The lowest BCUT2D eigenvalue weighted by molar-refractivity contribution is -0.137. The number of fused-ring (bicyclic) bond motifs is 2. The molecule has 3 rings (SSSR count). The van der Waals surface area contributed by atoms with E-state index in [2.05, 4.69) is 22.8 Å². The van der Waals surface area contributed by atoms with Crippen molar-refractivity contribution in [1.82, 2.24) is 10.6 Å². The van der Waals surface area contributed by atoms with Crippen LogP contribution in [0.3, 0.4) is 0 Å². The van der Waals surface area contributed by atoms with E-state index in [1.807, 2.05) is 0 Å². The van der Waals surface area contributed by atoms with Crippen molar-refractivity contribution in [2.75, 3.05) is 13.1 Å². The topological polar surface area (TPSA) is 108 Å². The number of carboxylic acids is 1. The molecule has 0 radical (unpaired) electrons. The monoisotopic (exact) mass is 416 g/mol. The molecule has 0 aliphatic carbocycles. The van der Waals surface area contributed by atoms with Gasteiger partial charge in [0.2, 0.25) is 5.91 Å². The maximum absolute atomic E-state index is 12.1. The fourth-order valence-corrected chi connectivity index (χ4v) is 4.45. The van der Waals surface area contributed by atoms with Crippen LogP contribution in [-0.2, 0) is 20.9 Å². The zero-order valence-corrected chi connectivity index (χ0v) is 17.3. The predicted octanol–water partition coefficient (Wildman–Crippen LogP) is 2.59. The highest BCUT2D eigenvalue weighted by Gasteiger charge is 2.47. The highest BCUT2D eigenvalue weighted by molar-refractivity contribution is 5.77. The Bertz CT molecular complexity index is 734. The van der Waals surface area contributed by atoms with Gasteiger partial charge >= 0.3 is 5.97 Å². The Morgan fingerprint density at radius 2 is 1.83 bits per heavy atom. The summed E-state index contributed by atoms with van der Waals surface area (Å²) in [6.07, 6.45) is 9.61. The van der Waals surface area contributed by atoms with Crippen LogP contribution in [0, 0.1) is 11.8 Å². The van der Waals surface area contributed by atoms with Crippen LogP contribution < -0.4 is 10.6 Å². The van der Waals surface area contributed by atoms with E-state index in [-0.39, 0.29) is 30.7 Å². The van der Waals surface area contributed by atoms with Crippen LogP contribution in [-0.4, -0.2) is 47.4 Å². The molecule has 7 heteroatoms. The zero-order chi connectivity index (χ0) is 21.3. The molecule has 1 amide bonds. The molecule has 4 atom stereocenters. The number of ether oxygens (including phenoxy) is 1. The van der Waals surface area contributed by atoms with Crippen LogP contribution in [0.1, 0.15) is 44.1 Å². The minimum absolute atomic E-state index is 0.0537. The minimum atomic E-state index is -0.747. The van der Waals surface area contributed by atoms with E-state index in [4.69, 9.17) is 9.84 Å². The first-order chi connectivity index (χ1) is 14.5. The summed E-state index contributed by atoms with van der Waals surface area (Å²) in [5.74, 6) is 0.263. The van der Waals surface area contributed by atoms with Gasteiger partial charge in [-0.25, -0.2) is 0 Å². The van der Waals surface area contributed by atoms with E-state index in [0.29, 0.717) is 30.9 Å². The van der Waals surface area contributed by atoms with E-state index in [9.17, 15) is 14.7 Å². The number of nitrogens with one attached hydrogen (secondary N) is 2. The van der Waals surface area contributed by atoms with Crippen molar-refractivity contribution in [2.45, 2.75) is 57.3 Å². The molecule has 2 aliphatic heterocycles. The Morgan fingerprint density at radius 1 is 1.10 bits per heavy atom. The Morgan fingerprint density at radius 3 is 2.57 bits per heavy atom. The molecule has 0 saturated carbocycles. The molecule has 1 aromatic carbocycles. The second kappa shape index (κ2) is 11.1. The first-order valence-electron chi connectivity index (χ1n) is 10.8. The average Bonchev–Trinajstić information content (AvgIpc) is 3.32. The van der Waals surface area contributed by atoms with Crippen molar-refractivity contribution in [2.24, 2.45) is 11.8 Å². The molecule has 7 nitrogen and oxygen atoms in total. The number of carboxylic acid groups (broad SMARTS) is 1. The van der Waals surface area contributed by atoms with Crippen molar-refractivity contribution >= 4 is 11.9 Å². The van der Waals surface area contributed by atoms with Gasteiger partial charge in [0.25, 0.3) is 0 Å². The molecule has 0 aromatic heterocycles.